The van der Waals surface area contributed by atoms with Crippen molar-refractivity contribution < 1.29 is 47.4 Å². The van der Waals surface area contributed by atoms with Gasteiger partial charge in [0.1, 0.15) is 0 Å². The summed E-state index contributed by atoms with van der Waals surface area (Å²) in [6, 6.07) is 0. The lowest BCUT2D eigenvalue weighted by Gasteiger charge is -2.09. The van der Waals surface area contributed by atoms with Gasteiger partial charge < -0.3 is 47.4 Å². The topological polar surface area (TPSA) is 92.3 Å². The molecule has 0 aromatic carbocycles. The van der Waals surface area contributed by atoms with Gasteiger partial charge in [0, 0.05) is 13.2 Å². The van der Waals surface area contributed by atoms with Crippen molar-refractivity contribution >= 4 is 0 Å². The van der Waals surface area contributed by atoms with Crippen LogP contribution in [-0.4, -0.2) is 132 Å². The van der Waals surface area contributed by atoms with Crippen LogP contribution in [0.25, 0.3) is 0 Å². The van der Waals surface area contributed by atoms with Gasteiger partial charge >= 0.3 is 0 Å². The normalized spacial score (nSPS) is 11.5. The van der Waals surface area contributed by atoms with Gasteiger partial charge in [-0.3, -0.25) is 0 Å². The third-order valence-corrected chi connectivity index (χ3v) is 3.90. The molecule has 0 heterocycles. The first kappa shape index (κ1) is 32.6. The van der Waals surface area contributed by atoms with E-state index in [0.29, 0.717) is 126 Å². The Balaban J connectivity index is 2.99. The van der Waals surface area contributed by atoms with Crippen LogP contribution in [0.5, 0.6) is 0 Å². The zero-order chi connectivity index (χ0) is 23.9. The average Bonchev–Trinajstić information content (AvgIpc) is 2.83. The number of hydrogen-bond acceptors (Lipinski definition) is 10. The molecule has 33 heavy (non-hydrogen) atoms. The quantitative estimate of drug-likeness (QED) is 0.140. The standard InChI is InChI=1S/C23H48O10/c1-3-5-25-8-9-27-12-13-29-16-17-31-20-21-33-23-22-32-19-18-30-15-14-28-11-10-26-7-6-24-4-2/h3-23H2,1-2H3. The molecule has 0 N–H and O–H groups in total. The zero-order valence-corrected chi connectivity index (χ0v) is 20.9. The van der Waals surface area contributed by atoms with Crippen LogP contribution in [0.1, 0.15) is 20.3 Å². The maximum atomic E-state index is 5.44. The van der Waals surface area contributed by atoms with E-state index >= 15 is 0 Å². The summed E-state index contributed by atoms with van der Waals surface area (Å²) in [6.45, 7) is 15.7. The van der Waals surface area contributed by atoms with Crippen LogP contribution in [0.15, 0.2) is 0 Å². The van der Waals surface area contributed by atoms with Gasteiger partial charge in [-0.2, -0.15) is 0 Å². The Bertz CT molecular complexity index is 306. The molecular weight excluding hydrogens is 436 g/mol. The van der Waals surface area contributed by atoms with Crippen LogP contribution in [-0.2, 0) is 47.4 Å². The second kappa shape index (κ2) is 31.6. The van der Waals surface area contributed by atoms with E-state index in [0.717, 1.165) is 13.0 Å². The molecule has 0 rings (SSSR count). The predicted molar refractivity (Wildman–Crippen MR) is 124 cm³/mol. The SMILES string of the molecule is CCCOCCOCCOCCOCCOCCOCCOCCOCCOCCOCC. The number of ether oxygens (including phenoxy) is 10. The van der Waals surface area contributed by atoms with Crippen LogP contribution < -0.4 is 0 Å². The van der Waals surface area contributed by atoms with Crippen molar-refractivity contribution in [2.24, 2.45) is 0 Å². The van der Waals surface area contributed by atoms with E-state index in [1.807, 2.05) is 6.92 Å². The van der Waals surface area contributed by atoms with Gasteiger partial charge in [0.15, 0.2) is 0 Å². The summed E-state index contributed by atoms with van der Waals surface area (Å²) in [6.07, 6.45) is 1.03. The van der Waals surface area contributed by atoms with Crippen molar-refractivity contribution in [2.45, 2.75) is 20.3 Å². The fourth-order valence-electron chi connectivity index (χ4n) is 2.27. The maximum absolute atomic E-state index is 5.44. The van der Waals surface area contributed by atoms with Crippen molar-refractivity contribution in [1.82, 2.24) is 0 Å². The Kier molecular flexibility index (Phi) is 31.2. The highest BCUT2D eigenvalue weighted by molar-refractivity contribution is 4.38. The smallest absolute Gasteiger partial charge is 0.0701 e. The lowest BCUT2D eigenvalue weighted by molar-refractivity contribution is -0.0262. The Labute approximate surface area is 200 Å². The summed E-state index contributed by atoms with van der Waals surface area (Å²) in [5.74, 6) is 0. The molecule has 0 saturated carbocycles. The molecule has 0 atom stereocenters. The maximum Gasteiger partial charge on any atom is 0.0701 e. The number of hydrogen-bond donors (Lipinski definition) is 0. The molecule has 0 radical (unpaired) electrons. The van der Waals surface area contributed by atoms with E-state index in [-0.39, 0.29) is 0 Å². The van der Waals surface area contributed by atoms with Gasteiger partial charge in [0.05, 0.1) is 119 Å². The van der Waals surface area contributed by atoms with Crippen molar-refractivity contribution in [1.29, 1.82) is 0 Å². The van der Waals surface area contributed by atoms with Crippen LogP contribution in [0.2, 0.25) is 0 Å². The molecule has 200 valence electrons. The predicted octanol–water partition coefficient (Wildman–Crippen LogP) is 1.58. The monoisotopic (exact) mass is 484 g/mol. The Morgan fingerprint density at radius 2 is 0.424 bits per heavy atom. The molecule has 0 spiro atoms. The molecule has 0 fully saturated rings. The zero-order valence-electron chi connectivity index (χ0n) is 20.9. The molecule has 0 saturated heterocycles. The summed E-state index contributed by atoms with van der Waals surface area (Å²) in [4.78, 5) is 0. The minimum absolute atomic E-state index is 0.533. The van der Waals surface area contributed by atoms with E-state index in [9.17, 15) is 0 Å². The molecule has 0 amide bonds. The van der Waals surface area contributed by atoms with E-state index in [2.05, 4.69) is 6.92 Å². The van der Waals surface area contributed by atoms with E-state index < -0.39 is 0 Å². The van der Waals surface area contributed by atoms with Crippen LogP contribution >= 0.6 is 0 Å². The fourth-order valence-corrected chi connectivity index (χ4v) is 2.27. The summed E-state index contributed by atoms with van der Waals surface area (Å²) in [5.41, 5.74) is 0. The van der Waals surface area contributed by atoms with Crippen LogP contribution in [0, 0.1) is 0 Å². The highest BCUT2D eigenvalue weighted by Crippen LogP contribution is 1.86. The van der Waals surface area contributed by atoms with E-state index in [4.69, 9.17) is 47.4 Å². The Morgan fingerprint density at radius 3 is 0.606 bits per heavy atom. The van der Waals surface area contributed by atoms with Crippen molar-refractivity contribution in [3.05, 3.63) is 0 Å². The second-order valence-corrected chi connectivity index (χ2v) is 6.71. The summed E-state index contributed by atoms with van der Waals surface area (Å²) >= 11 is 0. The average molecular weight is 485 g/mol. The van der Waals surface area contributed by atoms with Gasteiger partial charge in [-0.1, -0.05) is 6.92 Å². The number of rotatable bonds is 30. The molecule has 10 heteroatoms. The molecule has 0 aliphatic carbocycles. The van der Waals surface area contributed by atoms with Crippen molar-refractivity contribution in [3.63, 3.8) is 0 Å². The first-order valence-corrected chi connectivity index (χ1v) is 12.2. The molecule has 0 aliphatic heterocycles. The van der Waals surface area contributed by atoms with Gasteiger partial charge in [-0.05, 0) is 13.3 Å². The Morgan fingerprint density at radius 1 is 0.242 bits per heavy atom. The van der Waals surface area contributed by atoms with Gasteiger partial charge in [0.2, 0.25) is 0 Å². The highest BCUT2D eigenvalue weighted by Gasteiger charge is 1.95. The molecule has 10 nitrogen and oxygen atoms in total. The Hall–Kier alpha value is -0.400. The molecule has 0 aliphatic rings. The molecule has 0 bridgehead atoms. The molecule has 0 aromatic rings. The first-order valence-electron chi connectivity index (χ1n) is 12.2. The minimum Gasteiger partial charge on any atom is -0.379 e. The summed E-state index contributed by atoms with van der Waals surface area (Å²) < 4.78 is 53.8. The lowest BCUT2D eigenvalue weighted by Crippen LogP contribution is -2.15. The fraction of sp³-hybridized carbons (Fsp3) is 1.00. The largest absolute Gasteiger partial charge is 0.379 e. The summed E-state index contributed by atoms with van der Waals surface area (Å²) in [5, 5.41) is 0. The first-order chi connectivity index (χ1) is 16.4. The van der Waals surface area contributed by atoms with Gasteiger partial charge in [0.25, 0.3) is 0 Å². The highest BCUT2D eigenvalue weighted by atomic mass is 16.6. The summed E-state index contributed by atoms with van der Waals surface area (Å²) in [7, 11) is 0. The third kappa shape index (κ3) is 31.6. The second-order valence-electron chi connectivity index (χ2n) is 6.71. The van der Waals surface area contributed by atoms with Gasteiger partial charge in [-0.15, -0.1) is 0 Å². The molecular formula is C23H48O10. The third-order valence-electron chi connectivity index (χ3n) is 3.90. The van der Waals surface area contributed by atoms with Crippen molar-refractivity contribution in [2.75, 3.05) is 132 Å². The van der Waals surface area contributed by atoms with E-state index in [1.54, 1.807) is 0 Å². The van der Waals surface area contributed by atoms with Crippen LogP contribution in [0.4, 0.5) is 0 Å². The van der Waals surface area contributed by atoms with Crippen LogP contribution in [0.3, 0.4) is 0 Å². The van der Waals surface area contributed by atoms with E-state index in [1.165, 1.54) is 0 Å². The minimum atomic E-state index is 0.533. The molecule has 0 unspecified atom stereocenters. The van der Waals surface area contributed by atoms with Gasteiger partial charge in [-0.25, -0.2) is 0 Å². The van der Waals surface area contributed by atoms with Crippen molar-refractivity contribution in [3.8, 4) is 0 Å². The lowest BCUT2D eigenvalue weighted by atomic mass is 10.5. The molecule has 0 aromatic heterocycles.